The molecule has 0 amide bonds. The summed E-state index contributed by atoms with van der Waals surface area (Å²) in [5, 5.41) is 12.5. The molecule has 2 aromatic rings. The van der Waals surface area contributed by atoms with Gasteiger partial charge in [0.15, 0.2) is 11.5 Å². The van der Waals surface area contributed by atoms with Gasteiger partial charge in [0.1, 0.15) is 11.6 Å². The van der Waals surface area contributed by atoms with Crippen LogP contribution in [0.4, 0.5) is 4.39 Å². The molecule has 0 saturated heterocycles. The van der Waals surface area contributed by atoms with Gasteiger partial charge in [-0.15, -0.1) is 0 Å². The lowest BCUT2D eigenvalue weighted by molar-refractivity contribution is 0.173. The van der Waals surface area contributed by atoms with E-state index >= 15 is 0 Å². The van der Waals surface area contributed by atoms with E-state index in [-0.39, 0.29) is 12.5 Å². The van der Waals surface area contributed by atoms with Crippen LogP contribution in [0.25, 0.3) is 0 Å². The van der Waals surface area contributed by atoms with Crippen molar-refractivity contribution in [3.05, 3.63) is 53.3 Å². The molecule has 0 fully saturated rings. The monoisotopic (exact) mass is 275 g/mol. The van der Waals surface area contributed by atoms with Crippen LogP contribution in [0, 0.1) is 5.82 Å². The Kier molecular flexibility index (Phi) is 3.43. The van der Waals surface area contributed by atoms with E-state index in [1.54, 1.807) is 0 Å². The number of halogens is 1. The number of rotatable bonds is 4. The van der Waals surface area contributed by atoms with Crippen LogP contribution in [0.2, 0.25) is 0 Å². The van der Waals surface area contributed by atoms with E-state index in [9.17, 15) is 9.50 Å². The lowest BCUT2D eigenvalue weighted by Gasteiger charge is -2.08. The lowest BCUT2D eigenvalue weighted by atomic mass is 10.1. The van der Waals surface area contributed by atoms with Gasteiger partial charge < -0.3 is 19.9 Å². The van der Waals surface area contributed by atoms with Gasteiger partial charge in [-0.05, 0) is 23.8 Å². The van der Waals surface area contributed by atoms with Crippen LogP contribution in [-0.2, 0) is 13.1 Å². The van der Waals surface area contributed by atoms with Crippen molar-refractivity contribution in [1.29, 1.82) is 0 Å². The van der Waals surface area contributed by atoms with E-state index in [1.165, 1.54) is 12.1 Å². The Hall–Kier alpha value is -2.27. The maximum atomic E-state index is 13.1. The summed E-state index contributed by atoms with van der Waals surface area (Å²) in [6.45, 7) is 1.27. The smallest absolute Gasteiger partial charge is 0.231 e. The Bertz CT molecular complexity index is 610. The number of benzene rings is 2. The van der Waals surface area contributed by atoms with E-state index < -0.39 is 5.82 Å². The van der Waals surface area contributed by atoms with Crippen molar-refractivity contribution >= 4 is 0 Å². The average Bonchev–Trinajstić information content (AvgIpc) is 2.86. The van der Waals surface area contributed by atoms with Gasteiger partial charge in [-0.3, -0.25) is 0 Å². The van der Waals surface area contributed by atoms with Crippen molar-refractivity contribution < 1.29 is 19.0 Å². The third-order valence-corrected chi connectivity index (χ3v) is 3.07. The molecule has 0 aliphatic carbocycles. The second-order valence-corrected chi connectivity index (χ2v) is 4.57. The second-order valence-electron chi connectivity index (χ2n) is 4.57. The van der Waals surface area contributed by atoms with Gasteiger partial charge in [0.25, 0.3) is 0 Å². The van der Waals surface area contributed by atoms with Gasteiger partial charge in [-0.1, -0.05) is 12.1 Å². The molecule has 1 aliphatic rings. The molecule has 0 spiro atoms. The minimum Gasteiger partial charge on any atom is -0.508 e. The number of nitrogens with one attached hydrogen (secondary N) is 1. The van der Waals surface area contributed by atoms with Gasteiger partial charge in [0.05, 0.1) is 0 Å². The third-order valence-electron chi connectivity index (χ3n) is 3.07. The van der Waals surface area contributed by atoms with Crippen molar-refractivity contribution in [2.45, 2.75) is 13.1 Å². The number of para-hydroxylation sites is 1. The predicted octanol–water partition coefficient (Wildman–Crippen LogP) is 2.55. The Morgan fingerprint density at radius 1 is 1.15 bits per heavy atom. The molecule has 20 heavy (non-hydrogen) atoms. The van der Waals surface area contributed by atoms with Gasteiger partial charge in [-0.2, -0.15) is 0 Å². The fourth-order valence-corrected chi connectivity index (χ4v) is 2.21. The summed E-state index contributed by atoms with van der Waals surface area (Å²) in [7, 11) is 0. The Labute approximate surface area is 115 Å². The van der Waals surface area contributed by atoms with E-state index in [1.807, 2.05) is 18.2 Å². The molecule has 4 nitrogen and oxygen atoms in total. The summed E-state index contributed by atoms with van der Waals surface area (Å²) >= 11 is 0. The highest BCUT2D eigenvalue weighted by atomic mass is 19.1. The van der Waals surface area contributed by atoms with Crippen molar-refractivity contribution in [3.63, 3.8) is 0 Å². The van der Waals surface area contributed by atoms with Crippen molar-refractivity contribution in [3.8, 4) is 17.2 Å². The van der Waals surface area contributed by atoms with E-state index in [2.05, 4.69) is 5.32 Å². The van der Waals surface area contributed by atoms with Crippen LogP contribution in [0.3, 0.4) is 0 Å². The van der Waals surface area contributed by atoms with Crippen LogP contribution in [-0.4, -0.2) is 11.9 Å². The normalized spacial score (nSPS) is 12.7. The summed E-state index contributed by atoms with van der Waals surface area (Å²) in [6, 6.07) is 9.71. The maximum absolute atomic E-state index is 13.1. The molecule has 5 heteroatoms. The zero-order valence-electron chi connectivity index (χ0n) is 10.7. The first-order valence-corrected chi connectivity index (χ1v) is 6.29. The van der Waals surface area contributed by atoms with Gasteiger partial charge in [0, 0.05) is 24.7 Å². The number of fused-ring (bicyclic) bond motifs is 1. The average molecular weight is 275 g/mol. The fraction of sp³-hybridized carbons (Fsp3) is 0.200. The number of ether oxygens (including phenoxy) is 2. The number of hydrogen-bond acceptors (Lipinski definition) is 4. The Morgan fingerprint density at radius 2 is 2.05 bits per heavy atom. The first kappa shape index (κ1) is 12.7. The molecular formula is C15H14FNO3. The summed E-state index contributed by atoms with van der Waals surface area (Å²) < 4.78 is 23.8. The van der Waals surface area contributed by atoms with Gasteiger partial charge in [-0.25, -0.2) is 4.39 Å². The molecule has 1 aliphatic heterocycles. The highest BCUT2D eigenvalue weighted by molar-refractivity contribution is 5.48. The first-order valence-electron chi connectivity index (χ1n) is 6.29. The molecular weight excluding hydrogens is 261 g/mol. The molecule has 2 N–H and O–H groups in total. The molecule has 104 valence electrons. The van der Waals surface area contributed by atoms with Crippen LogP contribution < -0.4 is 14.8 Å². The highest BCUT2D eigenvalue weighted by Crippen LogP contribution is 2.35. The predicted molar refractivity (Wildman–Crippen MR) is 71.2 cm³/mol. The van der Waals surface area contributed by atoms with Crippen molar-refractivity contribution in [2.24, 2.45) is 0 Å². The van der Waals surface area contributed by atoms with Crippen LogP contribution in [0.1, 0.15) is 11.1 Å². The quantitative estimate of drug-likeness (QED) is 0.900. The van der Waals surface area contributed by atoms with Gasteiger partial charge >= 0.3 is 0 Å². The molecule has 3 rings (SSSR count). The number of hydrogen-bond donors (Lipinski definition) is 2. The summed E-state index contributed by atoms with van der Waals surface area (Å²) in [4.78, 5) is 0. The standard InChI is InChI=1S/C15H14FNO3/c16-12-4-10(5-13(18)6-12)7-17-8-11-2-1-3-14-15(11)20-9-19-14/h1-6,17-18H,7-9H2. The minimum absolute atomic E-state index is 0.0702. The van der Waals surface area contributed by atoms with E-state index in [0.717, 1.165) is 23.1 Å². The van der Waals surface area contributed by atoms with Gasteiger partial charge in [0.2, 0.25) is 6.79 Å². The maximum Gasteiger partial charge on any atom is 0.231 e. The van der Waals surface area contributed by atoms with Crippen LogP contribution >= 0.6 is 0 Å². The summed E-state index contributed by atoms with van der Waals surface area (Å²) in [5.41, 5.74) is 1.67. The number of phenols is 1. The first-order chi connectivity index (χ1) is 9.72. The molecule has 1 heterocycles. The van der Waals surface area contributed by atoms with Crippen molar-refractivity contribution in [2.75, 3.05) is 6.79 Å². The molecule has 2 aromatic carbocycles. The number of phenolic OH excluding ortho intramolecular Hbond substituents is 1. The van der Waals surface area contributed by atoms with Crippen LogP contribution in [0.5, 0.6) is 17.2 Å². The lowest BCUT2D eigenvalue weighted by Crippen LogP contribution is -2.13. The van der Waals surface area contributed by atoms with E-state index in [0.29, 0.717) is 18.7 Å². The fourth-order valence-electron chi connectivity index (χ4n) is 2.21. The molecule has 0 bridgehead atoms. The van der Waals surface area contributed by atoms with E-state index in [4.69, 9.17) is 9.47 Å². The Balaban J connectivity index is 1.64. The Morgan fingerprint density at radius 3 is 2.90 bits per heavy atom. The largest absolute Gasteiger partial charge is 0.508 e. The zero-order valence-corrected chi connectivity index (χ0v) is 10.7. The topological polar surface area (TPSA) is 50.7 Å². The minimum atomic E-state index is -0.445. The van der Waals surface area contributed by atoms with Crippen LogP contribution in [0.15, 0.2) is 36.4 Å². The zero-order chi connectivity index (χ0) is 13.9. The SMILES string of the molecule is Oc1cc(F)cc(CNCc2cccc3c2OCO3)c1. The highest BCUT2D eigenvalue weighted by Gasteiger charge is 2.16. The molecule has 0 unspecified atom stereocenters. The van der Waals surface area contributed by atoms with Crippen molar-refractivity contribution in [1.82, 2.24) is 5.32 Å². The third kappa shape index (κ3) is 2.67. The summed E-state index contributed by atoms with van der Waals surface area (Å²) in [5.74, 6) is 0.980. The number of aromatic hydroxyl groups is 1. The molecule has 0 atom stereocenters. The molecule has 0 saturated carbocycles. The second kappa shape index (κ2) is 5.38. The molecule has 0 aromatic heterocycles. The molecule has 0 radical (unpaired) electrons. The summed E-state index contributed by atoms with van der Waals surface area (Å²) in [6.07, 6.45) is 0.